The summed E-state index contributed by atoms with van der Waals surface area (Å²) in [5, 5.41) is 7.69. The van der Waals surface area contributed by atoms with Crippen molar-refractivity contribution < 1.29 is 0 Å². The third-order valence-electron chi connectivity index (χ3n) is 4.92. The van der Waals surface area contributed by atoms with E-state index in [2.05, 4.69) is 24.5 Å². The van der Waals surface area contributed by atoms with Crippen LogP contribution in [-0.2, 0) is 0 Å². The molecule has 106 valence electrons. The van der Waals surface area contributed by atoms with Gasteiger partial charge in [-0.05, 0) is 51.5 Å². The standard InChI is InChI=1S/C16H32N2/c1-3-4-8-13(2)18-16-11-7-9-14(16)15-10-5-6-12-17-15/h13-18H,3-12H2,1-2H3. The van der Waals surface area contributed by atoms with Crippen LogP contribution >= 0.6 is 0 Å². The lowest BCUT2D eigenvalue weighted by Crippen LogP contribution is -2.48. The lowest BCUT2D eigenvalue weighted by Gasteiger charge is -2.34. The predicted octanol–water partition coefficient (Wildman–Crippen LogP) is 3.47. The van der Waals surface area contributed by atoms with E-state index in [-0.39, 0.29) is 0 Å². The van der Waals surface area contributed by atoms with Crippen molar-refractivity contribution in [3.63, 3.8) is 0 Å². The van der Waals surface area contributed by atoms with E-state index in [1.807, 2.05) is 0 Å². The SMILES string of the molecule is CCCCC(C)NC1CCCC1C1CCCCN1. The number of piperidine rings is 1. The van der Waals surface area contributed by atoms with E-state index in [1.54, 1.807) is 0 Å². The Morgan fingerprint density at radius 1 is 1.17 bits per heavy atom. The van der Waals surface area contributed by atoms with E-state index in [4.69, 9.17) is 0 Å². The Kier molecular flexibility index (Phi) is 5.97. The molecule has 2 heteroatoms. The van der Waals surface area contributed by atoms with Gasteiger partial charge in [-0.3, -0.25) is 0 Å². The van der Waals surface area contributed by atoms with Gasteiger partial charge in [-0.15, -0.1) is 0 Å². The molecule has 0 spiro atoms. The first-order valence-electron chi connectivity index (χ1n) is 8.30. The summed E-state index contributed by atoms with van der Waals surface area (Å²) in [4.78, 5) is 0. The number of nitrogens with one attached hydrogen (secondary N) is 2. The third kappa shape index (κ3) is 3.96. The van der Waals surface area contributed by atoms with Crippen LogP contribution in [0, 0.1) is 5.92 Å². The predicted molar refractivity (Wildman–Crippen MR) is 78.9 cm³/mol. The highest BCUT2D eigenvalue weighted by Gasteiger charge is 2.34. The zero-order valence-corrected chi connectivity index (χ0v) is 12.4. The molecule has 4 unspecified atom stereocenters. The summed E-state index contributed by atoms with van der Waals surface area (Å²) in [7, 11) is 0. The van der Waals surface area contributed by atoms with Crippen LogP contribution in [0.1, 0.15) is 71.6 Å². The molecule has 1 aliphatic heterocycles. The Hall–Kier alpha value is -0.0800. The van der Waals surface area contributed by atoms with Gasteiger partial charge in [-0.25, -0.2) is 0 Å². The van der Waals surface area contributed by atoms with Crippen LogP contribution < -0.4 is 10.6 Å². The Morgan fingerprint density at radius 3 is 2.78 bits per heavy atom. The van der Waals surface area contributed by atoms with Gasteiger partial charge in [-0.1, -0.05) is 32.6 Å². The molecule has 2 fully saturated rings. The molecule has 0 aromatic rings. The molecule has 2 nitrogen and oxygen atoms in total. The lowest BCUT2D eigenvalue weighted by molar-refractivity contribution is 0.245. The number of hydrogen-bond donors (Lipinski definition) is 2. The van der Waals surface area contributed by atoms with Gasteiger partial charge in [0.15, 0.2) is 0 Å². The molecule has 0 bridgehead atoms. The molecule has 1 saturated heterocycles. The molecule has 4 atom stereocenters. The summed E-state index contributed by atoms with van der Waals surface area (Å²) >= 11 is 0. The van der Waals surface area contributed by atoms with Gasteiger partial charge < -0.3 is 10.6 Å². The Bertz CT molecular complexity index is 223. The van der Waals surface area contributed by atoms with Crippen molar-refractivity contribution in [1.82, 2.24) is 10.6 Å². The summed E-state index contributed by atoms with van der Waals surface area (Å²) < 4.78 is 0. The molecule has 18 heavy (non-hydrogen) atoms. The largest absolute Gasteiger partial charge is 0.314 e. The second-order valence-electron chi connectivity index (χ2n) is 6.47. The molecular formula is C16H32N2. The van der Waals surface area contributed by atoms with Crippen molar-refractivity contribution >= 4 is 0 Å². The maximum atomic E-state index is 3.92. The monoisotopic (exact) mass is 252 g/mol. The highest BCUT2D eigenvalue weighted by atomic mass is 15.0. The molecular weight excluding hydrogens is 220 g/mol. The van der Waals surface area contributed by atoms with Gasteiger partial charge in [0.2, 0.25) is 0 Å². The summed E-state index contributed by atoms with van der Waals surface area (Å²) in [6, 6.07) is 2.30. The van der Waals surface area contributed by atoms with Crippen LogP contribution in [0.5, 0.6) is 0 Å². The second-order valence-corrected chi connectivity index (χ2v) is 6.47. The minimum atomic E-state index is 0.708. The fraction of sp³-hybridized carbons (Fsp3) is 1.00. The lowest BCUT2D eigenvalue weighted by atomic mass is 9.88. The van der Waals surface area contributed by atoms with Gasteiger partial charge in [0, 0.05) is 18.1 Å². The van der Waals surface area contributed by atoms with Crippen LogP contribution in [0.2, 0.25) is 0 Å². The van der Waals surface area contributed by atoms with E-state index in [1.165, 1.54) is 64.3 Å². The first kappa shape index (κ1) is 14.3. The van der Waals surface area contributed by atoms with E-state index in [0.717, 1.165) is 18.0 Å². The zero-order valence-electron chi connectivity index (χ0n) is 12.4. The maximum absolute atomic E-state index is 3.92. The Balaban J connectivity index is 1.79. The average molecular weight is 252 g/mol. The molecule has 1 saturated carbocycles. The van der Waals surface area contributed by atoms with Crippen LogP contribution in [0.3, 0.4) is 0 Å². The molecule has 2 aliphatic rings. The third-order valence-corrected chi connectivity index (χ3v) is 4.92. The van der Waals surface area contributed by atoms with E-state index in [0.29, 0.717) is 6.04 Å². The Morgan fingerprint density at radius 2 is 2.06 bits per heavy atom. The molecule has 1 aliphatic carbocycles. The minimum absolute atomic E-state index is 0.708. The van der Waals surface area contributed by atoms with Gasteiger partial charge in [0.05, 0.1) is 0 Å². The van der Waals surface area contributed by atoms with Crippen LogP contribution in [0.4, 0.5) is 0 Å². The quantitative estimate of drug-likeness (QED) is 0.756. The average Bonchev–Trinajstić information content (AvgIpc) is 2.85. The van der Waals surface area contributed by atoms with Crippen LogP contribution in [0.25, 0.3) is 0 Å². The molecule has 0 amide bonds. The van der Waals surface area contributed by atoms with Crippen molar-refractivity contribution in [2.45, 2.75) is 89.8 Å². The van der Waals surface area contributed by atoms with Gasteiger partial charge in [0.25, 0.3) is 0 Å². The molecule has 2 N–H and O–H groups in total. The zero-order chi connectivity index (χ0) is 12.8. The van der Waals surface area contributed by atoms with Crippen molar-refractivity contribution in [3.8, 4) is 0 Å². The summed E-state index contributed by atoms with van der Waals surface area (Å²) in [6.45, 7) is 5.91. The van der Waals surface area contributed by atoms with Crippen molar-refractivity contribution in [2.75, 3.05) is 6.54 Å². The maximum Gasteiger partial charge on any atom is 0.0113 e. The second kappa shape index (κ2) is 7.49. The fourth-order valence-corrected chi connectivity index (χ4v) is 3.88. The minimum Gasteiger partial charge on any atom is -0.314 e. The summed E-state index contributed by atoms with van der Waals surface area (Å²) in [5.41, 5.74) is 0. The normalized spacial score (nSPS) is 34.7. The smallest absolute Gasteiger partial charge is 0.0113 e. The van der Waals surface area contributed by atoms with Gasteiger partial charge >= 0.3 is 0 Å². The first-order valence-corrected chi connectivity index (χ1v) is 8.30. The van der Waals surface area contributed by atoms with Crippen molar-refractivity contribution in [2.24, 2.45) is 5.92 Å². The summed E-state index contributed by atoms with van der Waals surface area (Å²) in [6.07, 6.45) is 12.5. The van der Waals surface area contributed by atoms with E-state index in [9.17, 15) is 0 Å². The van der Waals surface area contributed by atoms with Crippen molar-refractivity contribution in [3.05, 3.63) is 0 Å². The molecule has 0 aromatic carbocycles. The number of rotatable bonds is 6. The van der Waals surface area contributed by atoms with Crippen LogP contribution in [0.15, 0.2) is 0 Å². The fourth-order valence-electron chi connectivity index (χ4n) is 3.88. The van der Waals surface area contributed by atoms with E-state index >= 15 is 0 Å². The highest BCUT2D eigenvalue weighted by Crippen LogP contribution is 2.32. The highest BCUT2D eigenvalue weighted by molar-refractivity contribution is 4.93. The molecule has 0 radical (unpaired) electrons. The number of unbranched alkanes of at least 4 members (excludes halogenated alkanes) is 1. The van der Waals surface area contributed by atoms with Crippen LogP contribution in [-0.4, -0.2) is 24.7 Å². The number of hydrogen-bond acceptors (Lipinski definition) is 2. The van der Waals surface area contributed by atoms with Crippen molar-refractivity contribution in [1.29, 1.82) is 0 Å². The summed E-state index contributed by atoms with van der Waals surface area (Å²) in [5.74, 6) is 0.898. The topological polar surface area (TPSA) is 24.1 Å². The molecule has 2 rings (SSSR count). The van der Waals surface area contributed by atoms with Gasteiger partial charge in [-0.2, -0.15) is 0 Å². The Labute approximate surface area is 113 Å². The molecule has 1 heterocycles. The molecule has 0 aromatic heterocycles. The van der Waals surface area contributed by atoms with Gasteiger partial charge in [0.1, 0.15) is 0 Å². The van der Waals surface area contributed by atoms with E-state index < -0.39 is 0 Å². The first-order chi connectivity index (χ1) is 8.81.